The van der Waals surface area contributed by atoms with Crippen molar-refractivity contribution in [3.8, 4) is 11.5 Å². The van der Waals surface area contributed by atoms with Gasteiger partial charge in [0, 0.05) is 25.6 Å². The van der Waals surface area contributed by atoms with Crippen LogP contribution in [0.25, 0.3) is 0 Å². The fraction of sp³-hybridized carbons (Fsp3) is 0.500. The van der Waals surface area contributed by atoms with Crippen molar-refractivity contribution >= 4 is 17.7 Å². The molecule has 0 spiro atoms. The molecule has 2 rings (SSSR count). The third kappa shape index (κ3) is 4.87. The Kier molecular flexibility index (Phi) is 6.82. The number of likely N-dealkylation sites (tertiary alicyclic amines) is 1. The van der Waals surface area contributed by atoms with E-state index < -0.39 is 5.91 Å². The summed E-state index contributed by atoms with van der Waals surface area (Å²) in [5, 5.41) is 0. The standard InChI is InChI=1S/C18H25N3O5/c1-4-26-15-8-7-13(10-16(15)25-3)17(23)19-20-18(24)14-6-5-9-21(11-14)12(2)22/h7-8,10,14H,4-6,9,11H2,1-3H3,(H,19,23)(H,20,24)/t14-/m0/s1. The average Bonchev–Trinajstić information content (AvgIpc) is 2.66. The minimum Gasteiger partial charge on any atom is -0.493 e. The summed E-state index contributed by atoms with van der Waals surface area (Å²) in [6.07, 6.45) is 1.45. The van der Waals surface area contributed by atoms with E-state index in [2.05, 4.69) is 10.9 Å². The lowest BCUT2D eigenvalue weighted by atomic mass is 9.97. The molecule has 26 heavy (non-hydrogen) atoms. The van der Waals surface area contributed by atoms with Crippen LogP contribution in [-0.2, 0) is 9.59 Å². The van der Waals surface area contributed by atoms with Gasteiger partial charge in [-0.1, -0.05) is 0 Å². The molecule has 1 aliphatic rings. The van der Waals surface area contributed by atoms with E-state index in [0.717, 1.165) is 6.42 Å². The Morgan fingerprint density at radius 3 is 2.65 bits per heavy atom. The zero-order valence-electron chi connectivity index (χ0n) is 15.3. The number of carbonyl (C=O) groups excluding carboxylic acids is 3. The summed E-state index contributed by atoms with van der Waals surface area (Å²) in [6, 6.07) is 4.78. The van der Waals surface area contributed by atoms with Gasteiger partial charge in [0.15, 0.2) is 11.5 Å². The van der Waals surface area contributed by atoms with E-state index in [1.165, 1.54) is 14.0 Å². The minimum absolute atomic E-state index is 0.0481. The number of amides is 3. The molecule has 0 bridgehead atoms. The van der Waals surface area contributed by atoms with Gasteiger partial charge in [-0.15, -0.1) is 0 Å². The first-order chi connectivity index (χ1) is 12.5. The van der Waals surface area contributed by atoms with Crippen molar-refractivity contribution in [2.75, 3.05) is 26.8 Å². The highest BCUT2D eigenvalue weighted by Gasteiger charge is 2.27. The average molecular weight is 363 g/mol. The van der Waals surface area contributed by atoms with Crippen LogP contribution in [0.5, 0.6) is 11.5 Å². The lowest BCUT2D eigenvalue weighted by Crippen LogP contribution is -2.49. The molecule has 8 nitrogen and oxygen atoms in total. The summed E-state index contributed by atoms with van der Waals surface area (Å²) in [7, 11) is 1.49. The Balaban J connectivity index is 1.93. The molecule has 0 radical (unpaired) electrons. The number of carbonyl (C=O) groups is 3. The first-order valence-electron chi connectivity index (χ1n) is 8.62. The lowest BCUT2D eigenvalue weighted by Gasteiger charge is -2.31. The number of rotatable bonds is 5. The fourth-order valence-electron chi connectivity index (χ4n) is 2.85. The van der Waals surface area contributed by atoms with E-state index in [1.54, 1.807) is 23.1 Å². The van der Waals surface area contributed by atoms with Crippen LogP contribution in [0.4, 0.5) is 0 Å². The van der Waals surface area contributed by atoms with Crippen LogP contribution < -0.4 is 20.3 Å². The molecule has 0 saturated carbocycles. The molecule has 1 aromatic carbocycles. The highest BCUT2D eigenvalue weighted by molar-refractivity contribution is 5.96. The van der Waals surface area contributed by atoms with Gasteiger partial charge < -0.3 is 14.4 Å². The lowest BCUT2D eigenvalue weighted by molar-refractivity contribution is -0.134. The van der Waals surface area contributed by atoms with E-state index in [1.807, 2.05) is 6.92 Å². The van der Waals surface area contributed by atoms with Crippen LogP contribution in [0.1, 0.15) is 37.0 Å². The number of hydrogen-bond donors (Lipinski definition) is 2. The SMILES string of the molecule is CCOc1ccc(C(=O)NNC(=O)[C@H]2CCCN(C(C)=O)C2)cc1OC. The Hall–Kier alpha value is -2.77. The van der Waals surface area contributed by atoms with Gasteiger partial charge in [-0.3, -0.25) is 25.2 Å². The maximum Gasteiger partial charge on any atom is 0.269 e. The Labute approximate surface area is 152 Å². The molecule has 1 atom stereocenters. The molecule has 1 fully saturated rings. The number of methoxy groups -OCH3 is 1. The summed E-state index contributed by atoms with van der Waals surface area (Å²) in [5.41, 5.74) is 5.18. The monoisotopic (exact) mass is 363 g/mol. The maximum absolute atomic E-state index is 12.3. The number of benzene rings is 1. The summed E-state index contributed by atoms with van der Waals surface area (Å²) >= 11 is 0. The van der Waals surface area contributed by atoms with Gasteiger partial charge >= 0.3 is 0 Å². The predicted molar refractivity (Wildman–Crippen MR) is 94.7 cm³/mol. The van der Waals surface area contributed by atoms with Crippen LogP contribution >= 0.6 is 0 Å². The summed E-state index contributed by atoms with van der Waals surface area (Å²) < 4.78 is 10.6. The number of ether oxygens (including phenoxy) is 2. The number of nitrogens with one attached hydrogen (secondary N) is 2. The van der Waals surface area contributed by atoms with E-state index in [-0.39, 0.29) is 17.7 Å². The van der Waals surface area contributed by atoms with E-state index in [4.69, 9.17) is 9.47 Å². The molecule has 1 heterocycles. The largest absolute Gasteiger partial charge is 0.493 e. The molecule has 0 aromatic heterocycles. The highest BCUT2D eigenvalue weighted by atomic mass is 16.5. The van der Waals surface area contributed by atoms with Crippen molar-refractivity contribution in [2.24, 2.45) is 5.92 Å². The van der Waals surface area contributed by atoms with E-state index in [9.17, 15) is 14.4 Å². The van der Waals surface area contributed by atoms with Crippen LogP contribution in [0.15, 0.2) is 18.2 Å². The van der Waals surface area contributed by atoms with Crippen molar-refractivity contribution in [2.45, 2.75) is 26.7 Å². The van der Waals surface area contributed by atoms with Gasteiger partial charge in [-0.2, -0.15) is 0 Å². The molecule has 8 heteroatoms. The number of nitrogens with zero attached hydrogens (tertiary/aromatic N) is 1. The van der Waals surface area contributed by atoms with Crippen molar-refractivity contribution in [3.05, 3.63) is 23.8 Å². The third-order valence-electron chi connectivity index (χ3n) is 4.26. The summed E-state index contributed by atoms with van der Waals surface area (Å²) in [6.45, 7) is 4.86. The van der Waals surface area contributed by atoms with E-state index in [0.29, 0.717) is 43.2 Å². The van der Waals surface area contributed by atoms with Crippen LogP contribution in [0.2, 0.25) is 0 Å². The van der Waals surface area contributed by atoms with Crippen LogP contribution in [0, 0.1) is 5.92 Å². The molecular weight excluding hydrogens is 338 g/mol. The molecular formula is C18H25N3O5. The van der Waals surface area contributed by atoms with Crippen LogP contribution in [0.3, 0.4) is 0 Å². The van der Waals surface area contributed by atoms with Gasteiger partial charge in [-0.05, 0) is 38.0 Å². The highest BCUT2D eigenvalue weighted by Crippen LogP contribution is 2.27. The number of piperidine rings is 1. The summed E-state index contributed by atoms with van der Waals surface area (Å²) in [5.74, 6) is -0.158. The van der Waals surface area contributed by atoms with E-state index >= 15 is 0 Å². The smallest absolute Gasteiger partial charge is 0.269 e. The second-order valence-electron chi connectivity index (χ2n) is 6.05. The van der Waals surface area contributed by atoms with Crippen LogP contribution in [-0.4, -0.2) is 49.4 Å². The molecule has 142 valence electrons. The third-order valence-corrected chi connectivity index (χ3v) is 4.26. The van der Waals surface area contributed by atoms with Crippen molar-refractivity contribution in [1.29, 1.82) is 0 Å². The molecule has 0 unspecified atom stereocenters. The van der Waals surface area contributed by atoms with Crippen molar-refractivity contribution in [3.63, 3.8) is 0 Å². The zero-order valence-corrected chi connectivity index (χ0v) is 15.3. The molecule has 2 N–H and O–H groups in total. The topological polar surface area (TPSA) is 97.0 Å². The first kappa shape index (κ1) is 19.6. The quantitative estimate of drug-likeness (QED) is 0.764. The Morgan fingerprint density at radius 1 is 1.23 bits per heavy atom. The second-order valence-corrected chi connectivity index (χ2v) is 6.05. The molecule has 1 saturated heterocycles. The fourth-order valence-corrected chi connectivity index (χ4v) is 2.85. The second kappa shape index (κ2) is 9.07. The molecule has 3 amide bonds. The number of hydrazine groups is 1. The molecule has 1 aromatic rings. The Bertz CT molecular complexity index is 677. The van der Waals surface area contributed by atoms with Gasteiger partial charge in [0.1, 0.15) is 0 Å². The Morgan fingerprint density at radius 2 is 2.00 bits per heavy atom. The zero-order chi connectivity index (χ0) is 19.1. The van der Waals surface area contributed by atoms with Gasteiger partial charge in [-0.25, -0.2) is 0 Å². The predicted octanol–water partition coefficient (Wildman–Crippen LogP) is 1.11. The number of hydrogen-bond acceptors (Lipinski definition) is 5. The van der Waals surface area contributed by atoms with Crippen molar-refractivity contribution in [1.82, 2.24) is 15.8 Å². The maximum atomic E-state index is 12.3. The minimum atomic E-state index is -0.459. The van der Waals surface area contributed by atoms with Gasteiger partial charge in [0.2, 0.25) is 11.8 Å². The summed E-state index contributed by atoms with van der Waals surface area (Å²) in [4.78, 5) is 37.6. The molecule has 1 aliphatic heterocycles. The van der Waals surface area contributed by atoms with Gasteiger partial charge in [0.25, 0.3) is 5.91 Å². The van der Waals surface area contributed by atoms with Gasteiger partial charge in [0.05, 0.1) is 19.6 Å². The normalized spacial score (nSPS) is 16.6. The molecule has 0 aliphatic carbocycles. The first-order valence-corrected chi connectivity index (χ1v) is 8.62. The van der Waals surface area contributed by atoms with Crippen molar-refractivity contribution < 1.29 is 23.9 Å².